The van der Waals surface area contributed by atoms with Crippen molar-refractivity contribution in [3.63, 3.8) is 0 Å². The molecule has 0 aromatic heterocycles. The van der Waals surface area contributed by atoms with Crippen molar-refractivity contribution in [2.75, 3.05) is 0 Å². The molecule has 0 unspecified atom stereocenters. The number of rotatable bonds is 7. The predicted octanol–water partition coefficient (Wildman–Crippen LogP) is 6.08. The summed E-state index contributed by atoms with van der Waals surface area (Å²) in [5.41, 5.74) is 2.10. The molecule has 0 aliphatic heterocycles. The van der Waals surface area contributed by atoms with Crippen LogP contribution in [0.5, 0.6) is 0 Å². The van der Waals surface area contributed by atoms with Crippen molar-refractivity contribution in [3.05, 3.63) is 97.9 Å². The molecular weight excluding hydrogens is 495 g/mol. The van der Waals surface area contributed by atoms with Crippen LogP contribution >= 0.6 is 39.1 Å². The van der Waals surface area contributed by atoms with E-state index in [1.54, 1.807) is 66.7 Å². The van der Waals surface area contributed by atoms with E-state index in [1.807, 2.05) is 0 Å². The van der Waals surface area contributed by atoms with Gasteiger partial charge in [-0.3, -0.25) is 4.79 Å². The van der Waals surface area contributed by atoms with Crippen LogP contribution in [0.4, 0.5) is 0 Å². The van der Waals surface area contributed by atoms with Crippen molar-refractivity contribution in [1.29, 1.82) is 0 Å². The van der Waals surface area contributed by atoms with Crippen molar-refractivity contribution in [2.24, 2.45) is 0 Å². The second kappa shape index (κ2) is 9.43. The van der Waals surface area contributed by atoms with Gasteiger partial charge in [0.05, 0.1) is 20.7 Å². The molecule has 0 aliphatic carbocycles. The van der Waals surface area contributed by atoms with E-state index < -0.39 is 9.84 Å². The SMILES string of the molecule is O=C(Cc1ccc(Cl)c(Cl)c1)Cc1ccccc1CS(=O)(=O)c1ccc(Br)cc1. The first-order valence-corrected chi connectivity index (χ1v) is 12.0. The third kappa shape index (κ3) is 5.92. The maximum atomic E-state index is 12.8. The maximum absolute atomic E-state index is 12.8. The molecule has 0 saturated carbocycles. The number of carbonyl (C=O) groups excluding carboxylic acids is 1. The Morgan fingerprint density at radius 1 is 0.828 bits per heavy atom. The van der Waals surface area contributed by atoms with E-state index in [1.165, 1.54) is 0 Å². The molecule has 0 heterocycles. The van der Waals surface area contributed by atoms with Gasteiger partial charge in [-0.15, -0.1) is 0 Å². The molecule has 0 atom stereocenters. The fourth-order valence-corrected chi connectivity index (χ4v) is 4.95. The Bertz CT molecular complexity index is 1140. The Hall–Kier alpha value is -1.66. The van der Waals surface area contributed by atoms with Gasteiger partial charge in [0, 0.05) is 17.3 Å². The van der Waals surface area contributed by atoms with E-state index in [-0.39, 0.29) is 29.3 Å². The van der Waals surface area contributed by atoms with E-state index in [0.29, 0.717) is 21.2 Å². The van der Waals surface area contributed by atoms with Crippen LogP contribution in [0, 0.1) is 0 Å². The lowest BCUT2D eigenvalue weighted by Gasteiger charge is -2.11. The van der Waals surface area contributed by atoms with Crippen LogP contribution in [-0.2, 0) is 33.2 Å². The molecule has 0 spiro atoms. The molecule has 150 valence electrons. The highest BCUT2D eigenvalue weighted by atomic mass is 79.9. The van der Waals surface area contributed by atoms with Crippen molar-refractivity contribution in [2.45, 2.75) is 23.5 Å². The minimum absolute atomic E-state index is 0.0307. The second-order valence-corrected chi connectivity index (χ2v) is 10.3. The first kappa shape index (κ1) is 22.0. The minimum Gasteiger partial charge on any atom is -0.299 e. The van der Waals surface area contributed by atoms with E-state index in [4.69, 9.17) is 23.2 Å². The largest absolute Gasteiger partial charge is 0.299 e. The fourth-order valence-electron chi connectivity index (χ4n) is 2.95. The van der Waals surface area contributed by atoms with Crippen molar-refractivity contribution >= 4 is 54.8 Å². The molecule has 0 aliphatic rings. The maximum Gasteiger partial charge on any atom is 0.182 e. The zero-order valence-electron chi connectivity index (χ0n) is 15.2. The summed E-state index contributed by atoms with van der Waals surface area (Å²) in [7, 11) is -3.52. The number of benzene rings is 3. The molecule has 0 bridgehead atoms. The van der Waals surface area contributed by atoms with Gasteiger partial charge < -0.3 is 0 Å². The molecule has 29 heavy (non-hydrogen) atoms. The van der Waals surface area contributed by atoms with E-state index in [9.17, 15) is 13.2 Å². The van der Waals surface area contributed by atoms with Gasteiger partial charge in [0.15, 0.2) is 9.84 Å². The van der Waals surface area contributed by atoms with Crippen LogP contribution in [0.25, 0.3) is 0 Å². The van der Waals surface area contributed by atoms with Crippen LogP contribution < -0.4 is 0 Å². The monoisotopic (exact) mass is 510 g/mol. The number of sulfone groups is 1. The molecule has 3 aromatic carbocycles. The lowest BCUT2D eigenvalue weighted by atomic mass is 9.99. The Morgan fingerprint density at radius 3 is 2.14 bits per heavy atom. The zero-order chi connectivity index (χ0) is 21.0. The van der Waals surface area contributed by atoms with Gasteiger partial charge >= 0.3 is 0 Å². The third-order valence-corrected chi connectivity index (χ3v) is 7.36. The average Bonchev–Trinajstić information content (AvgIpc) is 2.66. The molecule has 0 saturated heterocycles. The van der Waals surface area contributed by atoms with Crippen LogP contribution in [0.2, 0.25) is 10.0 Å². The standard InChI is InChI=1S/C22H17BrCl2O3S/c23-18-6-8-20(9-7-18)29(27,28)14-17-4-2-1-3-16(17)13-19(26)11-15-5-10-21(24)22(25)12-15/h1-10,12H,11,13-14H2. The first-order chi connectivity index (χ1) is 13.7. The van der Waals surface area contributed by atoms with E-state index >= 15 is 0 Å². The molecule has 7 heteroatoms. The first-order valence-electron chi connectivity index (χ1n) is 8.75. The quantitative estimate of drug-likeness (QED) is 0.386. The van der Waals surface area contributed by atoms with Crippen molar-refractivity contribution < 1.29 is 13.2 Å². The van der Waals surface area contributed by atoms with E-state index in [0.717, 1.165) is 10.0 Å². The molecule has 0 radical (unpaired) electrons. The molecular formula is C22H17BrCl2O3S. The van der Waals surface area contributed by atoms with Gasteiger partial charge in [-0.05, 0) is 53.1 Å². The molecule has 3 nitrogen and oxygen atoms in total. The number of carbonyl (C=O) groups is 1. The van der Waals surface area contributed by atoms with Crippen LogP contribution in [0.3, 0.4) is 0 Å². The summed E-state index contributed by atoms with van der Waals surface area (Å²) in [4.78, 5) is 12.8. The number of ketones is 1. The summed E-state index contributed by atoms with van der Waals surface area (Å²) < 4.78 is 26.4. The molecule has 0 amide bonds. The van der Waals surface area contributed by atoms with Crippen LogP contribution in [0.1, 0.15) is 16.7 Å². The van der Waals surface area contributed by atoms with Crippen LogP contribution in [0.15, 0.2) is 76.1 Å². The summed E-state index contributed by atoms with van der Waals surface area (Å²) in [5.74, 6) is -0.193. The number of hydrogen-bond donors (Lipinski definition) is 0. The predicted molar refractivity (Wildman–Crippen MR) is 120 cm³/mol. The third-order valence-electron chi connectivity index (χ3n) is 4.41. The van der Waals surface area contributed by atoms with Gasteiger partial charge in [-0.25, -0.2) is 8.42 Å². The minimum atomic E-state index is -3.52. The van der Waals surface area contributed by atoms with Crippen molar-refractivity contribution in [1.82, 2.24) is 0 Å². The highest BCUT2D eigenvalue weighted by molar-refractivity contribution is 9.10. The van der Waals surface area contributed by atoms with Gasteiger partial charge in [0.25, 0.3) is 0 Å². The number of Topliss-reactive ketones (excluding diaryl/α,β-unsaturated/α-hetero) is 1. The smallest absolute Gasteiger partial charge is 0.182 e. The Balaban J connectivity index is 1.77. The number of hydrogen-bond acceptors (Lipinski definition) is 3. The van der Waals surface area contributed by atoms with E-state index in [2.05, 4.69) is 15.9 Å². The van der Waals surface area contributed by atoms with Crippen molar-refractivity contribution in [3.8, 4) is 0 Å². The second-order valence-electron chi connectivity index (χ2n) is 6.62. The lowest BCUT2D eigenvalue weighted by Crippen LogP contribution is -2.11. The normalized spacial score (nSPS) is 11.4. The highest BCUT2D eigenvalue weighted by Gasteiger charge is 2.18. The zero-order valence-corrected chi connectivity index (χ0v) is 19.2. The average molecular weight is 512 g/mol. The lowest BCUT2D eigenvalue weighted by molar-refractivity contribution is -0.117. The Kier molecular flexibility index (Phi) is 7.17. The Labute approximate surface area is 188 Å². The van der Waals surface area contributed by atoms with Gasteiger partial charge in [-0.1, -0.05) is 69.5 Å². The summed E-state index contributed by atoms with van der Waals surface area (Å²) in [6.45, 7) is 0. The molecule has 0 fully saturated rings. The van der Waals surface area contributed by atoms with Gasteiger partial charge in [0.1, 0.15) is 5.78 Å². The summed E-state index contributed by atoms with van der Waals surface area (Å²) in [5, 5.41) is 0.837. The summed E-state index contributed by atoms with van der Waals surface area (Å²) in [6, 6.07) is 18.7. The molecule has 0 N–H and O–H groups in total. The number of halogens is 3. The summed E-state index contributed by atoms with van der Waals surface area (Å²) >= 11 is 15.2. The molecule has 3 aromatic rings. The Morgan fingerprint density at radius 2 is 1.48 bits per heavy atom. The molecule has 3 rings (SSSR count). The van der Waals surface area contributed by atoms with Gasteiger partial charge in [-0.2, -0.15) is 0 Å². The van der Waals surface area contributed by atoms with Gasteiger partial charge in [0.2, 0.25) is 0 Å². The van der Waals surface area contributed by atoms with Crippen LogP contribution in [-0.4, -0.2) is 14.2 Å². The topological polar surface area (TPSA) is 51.2 Å². The highest BCUT2D eigenvalue weighted by Crippen LogP contribution is 2.24. The fraction of sp³-hybridized carbons (Fsp3) is 0.136. The summed E-state index contributed by atoms with van der Waals surface area (Å²) in [6.07, 6.45) is 0.344.